The molecule has 2 aliphatic rings. The number of anilines is 1. The van der Waals surface area contributed by atoms with Gasteiger partial charge in [0.05, 0.1) is 11.6 Å². The van der Waals surface area contributed by atoms with Gasteiger partial charge in [-0.25, -0.2) is 17.5 Å². The van der Waals surface area contributed by atoms with Crippen LogP contribution in [0.4, 0.5) is 10.1 Å². The predicted molar refractivity (Wildman–Crippen MR) is 122 cm³/mol. The molecule has 176 valence electrons. The van der Waals surface area contributed by atoms with Gasteiger partial charge in [0.2, 0.25) is 15.9 Å². The van der Waals surface area contributed by atoms with Crippen LogP contribution in [0.15, 0.2) is 47.4 Å². The summed E-state index contributed by atoms with van der Waals surface area (Å²) in [5.74, 6) is -0.990. The summed E-state index contributed by atoms with van der Waals surface area (Å²) >= 11 is 6.10. The maximum Gasteiger partial charge on any atom is 0.253 e. The first-order valence-corrected chi connectivity index (χ1v) is 12.5. The maximum atomic E-state index is 13.3. The van der Waals surface area contributed by atoms with E-state index in [4.69, 9.17) is 11.6 Å². The Morgan fingerprint density at radius 3 is 2.45 bits per heavy atom. The number of nitrogens with one attached hydrogen (secondary N) is 2. The van der Waals surface area contributed by atoms with Crippen LogP contribution in [0.25, 0.3) is 0 Å². The molecule has 1 heterocycles. The second-order valence-electron chi connectivity index (χ2n) is 8.17. The smallest absolute Gasteiger partial charge is 0.253 e. The highest BCUT2D eigenvalue weighted by Gasteiger charge is 2.30. The van der Waals surface area contributed by atoms with E-state index < -0.39 is 15.8 Å². The Kier molecular flexibility index (Phi) is 6.99. The molecule has 0 atom stereocenters. The van der Waals surface area contributed by atoms with Gasteiger partial charge in [0, 0.05) is 43.5 Å². The van der Waals surface area contributed by atoms with E-state index in [0.29, 0.717) is 31.9 Å². The van der Waals surface area contributed by atoms with Crippen LogP contribution in [-0.2, 0) is 14.8 Å². The molecule has 33 heavy (non-hydrogen) atoms. The Bertz CT molecular complexity index is 1160. The molecule has 2 aromatic carbocycles. The van der Waals surface area contributed by atoms with Crippen molar-refractivity contribution in [2.45, 2.75) is 23.8 Å². The molecule has 2 fully saturated rings. The highest BCUT2D eigenvalue weighted by Crippen LogP contribution is 2.27. The number of nitrogens with zero attached hydrogens (tertiary/aromatic N) is 2. The van der Waals surface area contributed by atoms with Gasteiger partial charge in [-0.05, 0) is 49.2 Å². The molecule has 11 heteroatoms. The van der Waals surface area contributed by atoms with Crippen LogP contribution in [0.1, 0.15) is 23.2 Å². The van der Waals surface area contributed by atoms with E-state index in [2.05, 4.69) is 10.0 Å². The molecule has 1 aliphatic heterocycles. The van der Waals surface area contributed by atoms with E-state index in [-0.39, 0.29) is 39.9 Å². The third-order valence-corrected chi connectivity index (χ3v) is 7.50. The third-order valence-electron chi connectivity index (χ3n) is 5.50. The lowest BCUT2D eigenvalue weighted by atomic mass is 10.2. The molecule has 4 rings (SSSR count). The quantitative estimate of drug-likeness (QED) is 0.615. The van der Waals surface area contributed by atoms with Crippen molar-refractivity contribution >= 4 is 39.1 Å². The van der Waals surface area contributed by atoms with Crippen molar-refractivity contribution in [1.82, 2.24) is 14.5 Å². The van der Waals surface area contributed by atoms with E-state index in [1.807, 2.05) is 4.90 Å². The minimum atomic E-state index is -3.79. The fourth-order valence-electron chi connectivity index (χ4n) is 3.59. The van der Waals surface area contributed by atoms with Crippen molar-refractivity contribution in [3.8, 4) is 0 Å². The standard InChI is InChI=1S/C22H24ClFN4O4S/c23-19-7-4-15(12-20(19)33(31,32)26-17-5-6-17)22(30)28-10-8-27(9-11-28)14-21(29)25-18-3-1-2-16(24)13-18/h1-4,7,12-13,17,26H,5-6,8-11,14H2,(H,25,29). The average Bonchev–Trinajstić information content (AvgIpc) is 3.57. The van der Waals surface area contributed by atoms with Gasteiger partial charge in [0.15, 0.2) is 0 Å². The Morgan fingerprint density at radius 1 is 1.06 bits per heavy atom. The number of sulfonamides is 1. The van der Waals surface area contributed by atoms with Crippen LogP contribution in [0.5, 0.6) is 0 Å². The van der Waals surface area contributed by atoms with Gasteiger partial charge in [-0.3, -0.25) is 14.5 Å². The Balaban J connectivity index is 1.33. The first kappa shape index (κ1) is 23.6. The third kappa shape index (κ3) is 6.08. The summed E-state index contributed by atoms with van der Waals surface area (Å²) in [4.78, 5) is 28.6. The zero-order valence-electron chi connectivity index (χ0n) is 17.8. The molecule has 2 aromatic rings. The first-order valence-electron chi connectivity index (χ1n) is 10.6. The van der Waals surface area contributed by atoms with Gasteiger partial charge in [-0.15, -0.1) is 0 Å². The second kappa shape index (κ2) is 9.76. The summed E-state index contributed by atoms with van der Waals surface area (Å²) in [7, 11) is -3.79. The molecule has 0 aromatic heterocycles. The van der Waals surface area contributed by atoms with Gasteiger partial charge in [0.1, 0.15) is 10.7 Å². The van der Waals surface area contributed by atoms with E-state index in [0.717, 1.165) is 12.8 Å². The van der Waals surface area contributed by atoms with Crippen molar-refractivity contribution < 1.29 is 22.4 Å². The summed E-state index contributed by atoms with van der Waals surface area (Å²) < 4.78 is 41.0. The van der Waals surface area contributed by atoms with Crippen LogP contribution in [0.2, 0.25) is 5.02 Å². The Hall–Kier alpha value is -2.53. The number of carbonyl (C=O) groups is 2. The number of rotatable bonds is 7. The molecule has 2 N–H and O–H groups in total. The predicted octanol–water partition coefficient (Wildman–Crippen LogP) is 2.32. The summed E-state index contributed by atoms with van der Waals surface area (Å²) in [5, 5.41) is 2.72. The fraction of sp³-hybridized carbons (Fsp3) is 0.364. The van der Waals surface area contributed by atoms with Crippen molar-refractivity contribution in [3.05, 3.63) is 58.9 Å². The van der Waals surface area contributed by atoms with Crippen LogP contribution < -0.4 is 10.0 Å². The number of halogens is 2. The second-order valence-corrected chi connectivity index (χ2v) is 10.3. The molecule has 0 spiro atoms. The number of hydrogen-bond donors (Lipinski definition) is 2. The molecule has 1 saturated carbocycles. The molecule has 1 aliphatic carbocycles. The van der Waals surface area contributed by atoms with Crippen molar-refractivity contribution in [2.75, 3.05) is 38.0 Å². The average molecular weight is 495 g/mol. The summed E-state index contributed by atoms with van der Waals surface area (Å²) in [6.45, 7) is 1.84. The molecule has 0 bridgehead atoms. The normalized spacial score (nSPS) is 17.1. The van der Waals surface area contributed by atoms with E-state index >= 15 is 0 Å². The van der Waals surface area contributed by atoms with Crippen LogP contribution in [0.3, 0.4) is 0 Å². The van der Waals surface area contributed by atoms with E-state index in [9.17, 15) is 22.4 Å². The fourth-order valence-corrected chi connectivity index (χ4v) is 5.42. The highest BCUT2D eigenvalue weighted by atomic mass is 35.5. The molecule has 8 nitrogen and oxygen atoms in total. The van der Waals surface area contributed by atoms with E-state index in [1.54, 1.807) is 11.0 Å². The lowest BCUT2D eigenvalue weighted by Gasteiger charge is -2.34. The van der Waals surface area contributed by atoms with E-state index in [1.165, 1.54) is 36.4 Å². The zero-order chi connectivity index (χ0) is 23.6. The van der Waals surface area contributed by atoms with Crippen molar-refractivity contribution in [2.24, 2.45) is 0 Å². The monoisotopic (exact) mass is 494 g/mol. The van der Waals surface area contributed by atoms with Crippen molar-refractivity contribution in [1.29, 1.82) is 0 Å². The number of benzene rings is 2. The minimum absolute atomic E-state index is 0.0637. The molecule has 0 radical (unpaired) electrons. The van der Waals surface area contributed by atoms with Gasteiger partial charge in [-0.2, -0.15) is 0 Å². The maximum absolute atomic E-state index is 13.3. The molecule has 0 unspecified atom stereocenters. The van der Waals surface area contributed by atoms with Crippen LogP contribution in [-0.4, -0.2) is 68.8 Å². The zero-order valence-corrected chi connectivity index (χ0v) is 19.3. The molecular formula is C22H24ClFN4O4S. The minimum Gasteiger partial charge on any atom is -0.336 e. The van der Waals surface area contributed by atoms with Gasteiger partial charge in [-0.1, -0.05) is 17.7 Å². The number of piperazine rings is 1. The van der Waals surface area contributed by atoms with Gasteiger partial charge < -0.3 is 10.2 Å². The molecular weight excluding hydrogens is 471 g/mol. The van der Waals surface area contributed by atoms with Crippen LogP contribution in [0, 0.1) is 5.82 Å². The number of amides is 2. The summed E-state index contributed by atoms with van der Waals surface area (Å²) in [6.07, 6.45) is 1.58. The first-order chi connectivity index (χ1) is 15.7. The Labute approximate surface area is 196 Å². The lowest BCUT2D eigenvalue weighted by molar-refractivity contribution is -0.117. The molecule has 1 saturated heterocycles. The molecule has 2 amide bonds. The van der Waals surface area contributed by atoms with Crippen LogP contribution >= 0.6 is 11.6 Å². The largest absolute Gasteiger partial charge is 0.336 e. The van der Waals surface area contributed by atoms with Gasteiger partial charge in [0.25, 0.3) is 5.91 Å². The summed E-state index contributed by atoms with van der Waals surface area (Å²) in [6, 6.07) is 9.85. The Morgan fingerprint density at radius 2 is 1.79 bits per heavy atom. The lowest BCUT2D eigenvalue weighted by Crippen LogP contribution is -2.50. The van der Waals surface area contributed by atoms with Crippen molar-refractivity contribution in [3.63, 3.8) is 0 Å². The number of carbonyl (C=O) groups excluding carboxylic acids is 2. The highest BCUT2D eigenvalue weighted by molar-refractivity contribution is 7.89. The summed E-state index contributed by atoms with van der Waals surface area (Å²) in [5.41, 5.74) is 0.631. The topological polar surface area (TPSA) is 98.8 Å². The SMILES string of the molecule is O=C(CN1CCN(C(=O)c2ccc(Cl)c(S(=O)(=O)NC3CC3)c2)CC1)Nc1cccc(F)c1. The number of hydrogen-bond acceptors (Lipinski definition) is 5. The van der Waals surface area contributed by atoms with Gasteiger partial charge >= 0.3 is 0 Å².